The SMILES string of the molecule is N#CCn1c(N2CC3CCC(CC3)C2)c(Cc2cc(F)c(F)c(F)c2)c(=O)n(-c2cnc3ccccn23)c1=O. The fourth-order valence-corrected chi connectivity index (χ4v) is 6.09. The fourth-order valence-electron chi connectivity index (χ4n) is 6.09. The average molecular weight is 535 g/mol. The van der Waals surface area contributed by atoms with Crippen molar-refractivity contribution in [1.82, 2.24) is 18.5 Å². The Balaban J connectivity index is 1.63. The number of hydrogen-bond acceptors (Lipinski definition) is 5. The van der Waals surface area contributed by atoms with Gasteiger partial charge in [-0.25, -0.2) is 27.5 Å². The molecule has 39 heavy (non-hydrogen) atoms. The first-order valence-electron chi connectivity index (χ1n) is 12.9. The van der Waals surface area contributed by atoms with Gasteiger partial charge in [0.2, 0.25) is 0 Å². The molecular weight excluding hydrogens is 509 g/mol. The largest absolute Gasteiger partial charge is 0.357 e. The Morgan fingerprint density at radius 3 is 2.31 bits per heavy atom. The third kappa shape index (κ3) is 4.30. The quantitative estimate of drug-likeness (QED) is 0.364. The predicted molar refractivity (Wildman–Crippen MR) is 137 cm³/mol. The summed E-state index contributed by atoms with van der Waals surface area (Å²) in [4.78, 5) is 34.4. The van der Waals surface area contributed by atoms with E-state index in [1.807, 2.05) is 11.0 Å². The highest BCUT2D eigenvalue weighted by molar-refractivity contribution is 5.52. The Morgan fingerprint density at radius 2 is 1.67 bits per heavy atom. The van der Waals surface area contributed by atoms with Crippen molar-refractivity contribution in [2.75, 3.05) is 18.0 Å². The van der Waals surface area contributed by atoms with Gasteiger partial charge in [0, 0.05) is 25.7 Å². The first-order chi connectivity index (χ1) is 18.9. The molecule has 0 unspecified atom stereocenters. The molecule has 2 aliphatic heterocycles. The van der Waals surface area contributed by atoms with E-state index in [0.29, 0.717) is 30.6 Å². The summed E-state index contributed by atoms with van der Waals surface area (Å²) in [6.45, 7) is 0.856. The molecule has 0 N–H and O–H groups in total. The van der Waals surface area contributed by atoms with Crippen molar-refractivity contribution in [1.29, 1.82) is 5.26 Å². The van der Waals surface area contributed by atoms with Crippen LogP contribution in [0.5, 0.6) is 0 Å². The number of pyridine rings is 1. The van der Waals surface area contributed by atoms with Crippen molar-refractivity contribution in [3.05, 3.63) is 92.1 Å². The van der Waals surface area contributed by atoms with Gasteiger partial charge in [-0.15, -0.1) is 0 Å². The van der Waals surface area contributed by atoms with Gasteiger partial charge in [0.1, 0.15) is 23.8 Å². The maximum absolute atomic E-state index is 14.2. The van der Waals surface area contributed by atoms with Crippen LogP contribution in [-0.4, -0.2) is 31.6 Å². The first-order valence-corrected chi connectivity index (χ1v) is 12.9. The maximum atomic E-state index is 14.2. The highest BCUT2D eigenvalue weighted by atomic mass is 19.2. The second-order valence-corrected chi connectivity index (χ2v) is 10.4. The highest BCUT2D eigenvalue weighted by Gasteiger charge is 2.33. The number of benzene rings is 1. The van der Waals surface area contributed by atoms with Crippen LogP contribution in [0.1, 0.15) is 36.8 Å². The van der Waals surface area contributed by atoms with E-state index in [1.165, 1.54) is 10.8 Å². The number of halogens is 3. The number of anilines is 1. The van der Waals surface area contributed by atoms with Crippen molar-refractivity contribution in [3.63, 3.8) is 0 Å². The summed E-state index contributed by atoms with van der Waals surface area (Å²) in [6.07, 6.45) is 6.91. The smallest absolute Gasteiger partial charge is 0.339 e. The van der Waals surface area contributed by atoms with E-state index in [9.17, 15) is 28.0 Å². The summed E-state index contributed by atoms with van der Waals surface area (Å²) in [6, 6.07) is 8.95. The minimum atomic E-state index is -1.60. The van der Waals surface area contributed by atoms with Gasteiger partial charge in [-0.3, -0.25) is 13.8 Å². The van der Waals surface area contributed by atoms with Gasteiger partial charge in [-0.1, -0.05) is 6.07 Å². The third-order valence-electron chi connectivity index (χ3n) is 7.91. The Labute approximate surface area is 221 Å². The van der Waals surface area contributed by atoms with Crippen molar-refractivity contribution < 1.29 is 13.2 Å². The van der Waals surface area contributed by atoms with Crippen molar-refractivity contribution >= 4 is 11.5 Å². The normalized spacial score (nSPS) is 18.9. The van der Waals surface area contributed by atoms with E-state index in [4.69, 9.17) is 0 Å². The molecule has 0 radical (unpaired) electrons. The van der Waals surface area contributed by atoms with Crippen LogP contribution < -0.4 is 16.1 Å². The number of aromatic nitrogens is 4. The van der Waals surface area contributed by atoms with Gasteiger partial charge >= 0.3 is 5.69 Å². The molecule has 0 amide bonds. The maximum Gasteiger partial charge on any atom is 0.339 e. The van der Waals surface area contributed by atoms with Crippen LogP contribution in [0.3, 0.4) is 0 Å². The summed E-state index contributed by atoms with van der Waals surface area (Å²) in [7, 11) is 0. The van der Waals surface area contributed by atoms with Gasteiger partial charge in [0.15, 0.2) is 17.5 Å². The van der Waals surface area contributed by atoms with Crippen molar-refractivity contribution in [2.24, 2.45) is 11.8 Å². The van der Waals surface area contributed by atoms with E-state index in [2.05, 4.69) is 4.98 Å². The average Bonchev–Trinajstić information content (AvgIpc) is 3.10. The number of rotatable bonds is 5. The van der Waals surface area contributed by atoms with E-state index in [-0.39, 0.29) is 35.7 Å². The van der Waals surface area contributed by atoms with Gasteiger partial charge in [0.25, 0.3) is 5.56 Å². The Morgan fingerprint density at radius 1 is 1.00 bits per heavy atom. The number of nitriles is 1. The number of hydrogen-bond donors (Lipinski definition) is 0. The van der Waals surface area contributed by atoms with Gasteiger partial charge in [-0.2, -0.15) is 5.26 Å². The number of imidazole rings is 1. The predicted octanol–water partition coefficient (Wildman–Crippen LogP) is 3.80. The topological polar surface area (TPSA) is 88.3 Å². The van der Waals surface area contributed by atoms with Crippen LogP contribution in [0.2, 0.25) is 0 Å². The Hall–Kier alpha value is -4.33. The lowest BCUT2D eigenvalue weighted by Gasteiger charge is -2.30. The molecule has 8 nitrogen and oxygen atoms in total. The zero-order chi connectivity index (χ0) is 27.3. The molecule has 1 aliphatic carbocycles. The summed E-state index contributed by atoms with van der Waals surface area (Å²) < 4.78 is 45.9. The molecule has 7 rings (SSSR count). The molecule has 0 atom stereocenters. The molecule has 2 saturated heterocycles. The molecule has 3 fully saturated rings. The summed E-state index contributed by atoms with van der Waals surface area (Å²) >= 11 is 0. The van der Waals surface area contributed by atoms with E-state index >= 15 is 0 Å². The second kappa shape index (κ2) is 9.76. The minimum absolute atomic E-state index is 0.0365. The third-order valence-corrected chi connectivity index (χ3v) is 7.91. The van der Waals surface area contributed by atoms with Gasteiger partial charge < -0.3 is 4.90 Å². The molecule has 3 aliphatic rings. The van der Waals surface area contributed by atoms with Crippen LogP contribution in [-0.2, 0) is 13.0 Å². The van der Waals surface area contributed by atoms with E-state index < -0.39 is 28.7 Å². The molecule has 11 heteroatoms. The van der Waals surface area contributed by atoms with Gasteiger partial charge in [0.05, 0.1) is 17.8 Å². The van der Waals surface area contributed by atoms with E-state index in [1.54, 1.807) is 28.8 Å². The molecule has 1 aromatic carbocycles. The van der Waals surface area contributed by atoms with Crippen LogP contribution in [0.4, 0.5) is 19.0 Å². The summed E-state index contributed by atoms with van der Waals surface area (Å²) in [5.41, 5.74) is -0.754. The zero-order valence-electron chi connectivity index (χ0n) is 21.0. The lowest BCUT2D eigenvalue weighted by atomic mass is 9.84. The molecule has 2 bridgehead atoms. The molecule has 1 saturated carbocycles. The zero-order valence-corrected chi connectivity index (χ0v) is 21.0. The van der Waals surface area contributed by atoms with Crippen LogP contribution in [0.15, 0.2) is 52.3 Å². The molecule has 200 valence electrons. The molecule has 0 spiro atoms. The van der Waals surface area contributed by atoms with Crippen molar-refractivity contribution in [3.8, 4) is 11.9 Å². The van der Waals surface area contributed by atoms with Crippen LogP contribution in [0.25, 0.3) is 11.5 Å². The highest BCUT2D eigenvalue weighted by Crippen LogP contribution is 2.36. The summed E-state index contributed by atoms with van der Waals surface area (Å²) in [5.74, 6) is -3.15. The van der Waals surface area contributed by atoms with Crippen LogP contribution >= 0.6 is 0 Å². The fraction of sp³-hybridized carbons (Fsp3) is 0.357. The lowest BCUT2D eigenvalue weighted by Crippen LogP contribution is -2.46. The monoisotopic (exact) mass is 534 g/mol. The Kier molecular flexibility index (Phi) is 6.25. The molecule has 3 aromatic heterocycles. The second-order valence-electron chi connectivity index (χ2n) is 10.4. The Bertz CT molecular complexity index is 1710. The summed E-state index contributed by atoms with van der Waals surface area (Å²) in [5, 5.41) is 9.71. The number of fused-ring (bicyclic) bond motifs is 5. The minimum Gasteiger partial charge on any atom is -0.357 e. The molecular formula is C28H25F3N6O2. The molecule has 5 heterocycles. The van der Waals surface area contributed by atoms with Gasteiger partial charge in [-0.05, 0) is 67.3 Å². The standard InChI is InChI=1S/C28H25F3N6O2/c29-21-12-19(13-22(30)25(21)31)11-20-26(34-15-17-4-5-18(16-34)7-6-17)36(10-8-32)28(39)37(27(20)38)24-14-33-23-3-1-2-9-35(23)24/h1-3,9,12-14,17-18H,4-7,10-11,15-16H2. The van der Waals surface area contributed by atoms with E-state index in [0.717, 1.165) is 42.4 Å². The lowest BCUT2D eigenvalue weighted by molar-refractivity contribution is 0.326. The van der Waals surface area contributed by atoms with Crippen molar-refractivity contribution in [2.45, 2.75) is 38.6 Å². The first kappa shape index (κ1) is 25.0. The van der Waals surface area contributed by atoms with Crippen LogP contribution in [0, 0.1) is 40.6 Å². The molecule has 4 aromatic rings. The number of nitrogens with zero attached hydrogens (tertiary/aromatic N) is 6.